The molecular weight excluding hydrogens is 1140 g/mol. The molecule has 0 spiro atoms. The van der Waals surface area contributed by atoms with Crippen molar-refractivity contribution >= 4 is 13.7 Å². The molecule has 1 amide bonds. The molecule has 3 N–H and O–H groups in total. The Morgan fingerprint density at radius 3 is 1.01 bits per heavy atom. The monoisotopic (exact) mass is 1280 g/mol. The second-order valence-electron chi connectivity index (χ2n) is 25.9. The maximum Gasteiger partial charge on any atom is 0.472 e. The Balaban J connectivity index is 4.21. The van der Waals surface area contributed by atoms with Gasteiger partial charge in [0.2, 0.25) is 5.91 Å². The number of phosphoric acid groups is 1. The van der Waals surface area contributed by atoms with Crippen LogP contribution in [0.5, 0.6) is 0 Å². The highest BCUT2D eigenvalue weighted by Crippen LogP contribution is 2.43. The van der Waals surface area contributed by atoms with Crippen molar-refractivity contribution in [1.82, 2.24) is 5.32 Å². The van der Waals surface area contributed by atoms with E-state index in [1.807, 2.05) is 27.2 Å². The Morgan fingerprint density at radius 1 is 0.385 bits per heavy atom. The van der Waals surface area contributed by atoms with Crippen molar-refractivity contribution in [3.8, 4) is 0 Å². The quantitative estimate of drug-likeness (QED) is 0.0243. The highest BCUT2D eigenvalue weighted by molar-refractivity contribution is 7.47. The molecule has 8 nitrogen and oxygen atoms in total. The molecule has 9 heteroatoms. The number of aliphatic hydroxyl groups excluding tert-OH is 1. The van der Waals surface area contributed by atoms with E-state index in [2.05, 4.69) is 165 Å². The molecule has 0 bridgehead atoms. The summed E-state index contributed by atoms with van der Waals surface area (Å²) in [5, 5.41) is 14.0. The number of nitrogens with one attached hydrogen (secondary N) is 1. The average Bonchev–Trinajstić information content (AvgIpc) is 3.42. The highest BCUT2D eigenvalue weighted by atomic mass is 31.2. The summed E-state index contributed by atoms with van der Waals surface area (Å²) < 4.78 is 23.8. The number of amides is 1. The lowest BCUT2D eigenvalue weighted by atomic mass is 10.0. The lowest BCUT2D eigenvalue weighted by Gasteiger charge is -2.25. The Labute approximate surface area is 562 Å². The smallest absolute Gasteiger partial charge is 0.387 e. The van der Waals surface area contributed by atoms with Crippen molar-refractivity contribution in [2.24, 2.45) is 0 Å². The number of carbonyl (C=O) groups is 1. The summed E-state index contributed by atoms with van der Waals surface area (Å²) in [6.07, 6.45) is 110. The molecule has 0 aliphatic heterocycles. The van der Waals surface area contributed by atoms with Gasteiger partial charge in [-0.2, -0.15) is 0 Å². The number of carbonyl (C=O) groups excluding carboxylic acids is 1. The van der Waals surface area contributed by atoms with Gasteiger partial charge in [0.15, 0.2) is 0 Å². The van der Waals surface area contributed by atoms with Crippen LogP contribution in [0.1, 0.15) is 303 Å². The van der Waals surface area contributed by atoms with Gasteiger partial charge in [-0.05, 0) is 116 Å². The van der Waals surface area contributed by atoms with Gasteiger partial charge in [-0.3, -0.25) is 13.8 Å². The number of rotatable bonds is 67. The standard InChI is InChI=1S/C82H141N2O6P/c1-6-8-10-12-14-16-18-20-22-24-26-28-30-32-34-36-38-40-41-42-43-44-46-48-50-52-54-56-58-60-62-64-66-68-70-72-74-76-82(86)83-80(79-90-91(87,88)89-78-77-84(3,4)5)81(85)75-73-71-69-67-65-63-61-59-57-55-53-51-49-47-45-39-37-35-33-31-29-27-25-23-21-19-17-15-13-11-9-7-2/h8,10,14,16,20,22,26,28,32,34,38,40,42-43,46,48,52,54,58,60,64-67,73,75,80-81,85H,6-7,9,11-13,15,17-19,21,23-25,27,29-31,33,35-37,39,41,44-45,47,49-51,53,55-57,59,61-63,68-72,74,76-79H2,1-5H3,(H-,83,86,87,88)/p+1/b10-8-,16-14-,22-20-,28-26-,34-32-,40-38-,43-42-,48-46-,54-52-,60-58-,66-64-,67-65+,75-73+. The van der Waals surface area contributed by atoms with Crippen molar-refractivity contribution in [2.75, 3.05) is 40.9 Å². The molecule has 0 aliphatic rings. The van der Waals surface area contributed by atoms with Crippen molar-refractivity contribution < 1.29 is 32.9 Å². The van der Waals surface area contributed by atoms with Gasteiger partial charge in [0.25, 0.3) is 0 Å². The molecule has 0 rings (SSSR count). The summed E-state index contributed by atoms with van der Waals surface area (Å²) in [5.41, 5.74) is 0. The van der Waals surface area contributed by atoms with E-state index in [0.717, 1.165) is 109 Å². The van der Waals surface area contributed by atoms with Crippen LogP contribution in [0.2, 0.25) is 0 Å². The van der Waals surface area contributed by atoms with E-state index in [0.29, 0.717) is 23.9 Å². The van der Waals surface area contributed by atoms with E-state index in [1.165, 1.54) is 167 Å². The van der Waals surface area contributed by atoms with Crippen LogP contribution in [-0.2, 0) is 18.4 Å². The first-order chi connectivity index (χ1) is 44.5. The van der Waals surface area contributed by atoms with Crippen LogP contribution in [-0.4, -0.2) is 73.4 Å². The molecule has 0 saturated carbocycles. The maximum absolute atomic E-state index is 13.1. The van der Waals surface area contributed by atoms with Crippen LogP contribution in [0, 0.1) is 0 Å². The number of hydrogen-bond acceptors (Lipinski definition) is 5. The van der Waals surface area contributed by atoms with Crippen molar-refractivity contribution in [3.05, 3.63) is 158 Å². The fourth-order valence-electron chi connectivity index (χ4n) is 10.2. The third-order valence-electron chi connectivity index (χ3n) is 16.0. The van der Waals surface area contributed by atoms with Gasteiger partial charge in [-0.25, -0.2) is 4.57 Å². The normalized spacial score (nSPS) is 14.5. The van der Waals surface area contributed by atoms with Gasteiger partial charge in [0.05, 0.1) is 39.9 Å². The first-order valence-electron chi connectivity index (χ1n) is 37.4. The molecule has 520 valence electrons. The molecule has 0 aromatic carbocycles. The average molecular weight is 1280 g/mol. The number of likely N-dealkylation sites (N-methyl/N-ethyl adjacent to an activating group) is 1. The molecule has 0 aliphatic carbocycles. The molecule has 91 heavy (non-hydrogen) atoms. The Bertz CT molecular complexity index is 2050. The number of quaternary nitrogens is 1. The fourth-order valence-corrected chi connectivity index (χ4v) is 11.0. The van der Waals surface area contributed by atoms with Crippen LogP contribution in [0.15, 0.2) is 158 Å². The first-order valence-corrected chi connectivity index (χ1v) is 38.9. The van der Waals surface area contributed by atoms with Gasteiger partial charge >= 0.3 is 7.82 Å². The van der Waals surface area contributed by atoms with Gasteiger partial charge in [-0.1, -0.05) is 339 Å². The topological polar surface area (TPSA) is 105 Å². The van der Waals surface area contributed by atoms with Crippen molar-refractivity contribution in [3.63, 3.8) is 0 Å². The minimum atomic E-state index is -4.39. The molecule has 0 saturated heterocycles. The van der Waals surface area contributed by atoms with Crippen LogP contribution in [0.25, 0.3) is 0 Å². The summed E-state index contributed by atoms with van der Waals surface area (Å²) in [7, 11) is 1.51. The Kier molecular flexibility index (Phi) is 67.4. The number of nitrogens with zero attached hydrogens (tertiary/aromatic N) is 1. The summed E-state index contributed by atoms with van der Waals surface area (Å²) in [6.45, 7) is 4.67. The zero-order chi connectivity index (χ0) is 66.2. The van der Waals surface area contributed by atoms with Gasteiger partial charge < -0.3 is 19.8 Å². The van der Waals surface area contributed by atoms with E-state index in [1.54, 1.807) is 6.08 Å². The molecule has 0 fully saturated rings. The van der Waals surface area contributed by atoms with Crippen LogP contribution >= 0.6 is 7.82 Å². The van der Waals surface area contributed by atoms with Crippen LogP contribution < -0.4 is 5.32 Å². The summed E-state index contributed by atoms with van der Waals surface area (Å²) >= 11 is 0. The fraction of sp³-hybridized carbons (Fsp3) is 0.671. The third kappa shape index (κ3) is 73.4. The minimum absolute atomic E-state index is 0.0410. The predicted molar refractivity (Wildman–Crippen MR) is 400 cm³/mol. The first kappa shape index (κ1) is 87.1. The minimum Gasteiger partial charge on any atom is -0.387 e. The lowest BCUT2D eigenvalue weighted by molar-refractivity contribution is -0.870. The number of hydrogen-bond donors (Lipinski definition) is 3. The van der Waals surface area contributed by atoms with E-state index in [-0.39, 0.29) is 19.1 Å². The molecule has 0 aromatic heterocycles. The number of phosphoric ester groups is 1. The molecular formula is C82H142N2O6P+. The van der Waals surface area contributed by atoms with E-state index in [4.69, 9.17) is 9.05 Å². The second-order valence-corrected chi connectivity index (χ2v) is 27.4. The highest BCUT2D eigenvalue weighted by Gasteiger charge is 2.28. The second kappa shape index (κ2) is 70.4. The summed E-state index contributed by atoms with van der Waals surface area (Å²) in [4.78, 5) is 23.4. The van der Waals surface area contributed by atoms with Crippen LogP contribution in [0.4, 0.5) is 0 Å². The number of allylic oxidation sites excluding steroid dienone is 25. The van der Waals surface area contributed by atoms with E-state index < -0.39 is 20.0 Å². The third-order valence-corrected chi connectivity index (χ3v) is 17.0. The summed E-state index contributed by atoms with van der Waals surface area (Å²) in [6, 6.07) is -0.896. The molecule has 0 heterocycles. The van der Waals surface area contributed by atoms with Gasteiger partial charge in [-0.15, -0.1) is 0 Å². The number of aliphatic hydroxyl groups is 1. The van der Waals surface area contributed by atoms with Gasteiger partial charge in [0, 0.05) is 6.42 Å². The molecule has 3 unspecified atom stereocenters. The van der Waals surface area contributed by atoms with Crippen molar-refractivity contribution in [1.29, 1.82) is 0 Å². The van der Waals surface area contributed by atoms with E-state index >= 15 is 0 Å². The molecule has 0 radical (unpaired) electrons. The lowest BCUT2D eigenvalue weighted by Crippen LogP contribution is -2.45. The largest absolute Gasteiger partial charge is 0.472 e. The Hall–Kier alpha value is -3.88. The van der Waals surface area contributed by atoms with Crippen molar-refractivity contribution in [2.45, 2.75) is 315 Å². The van der Waals surface area contributed by atoms with E-state index in [9.17, 15) is 19.4 Å². The zero-order valence-corrected chi connectivity index (χ0v) is 60.4. The zero-order valence-electron chi connectivity index (χ0n) is 59.5. The number of unbranched alkanes of at least 4 members (excludes halogenated alkanes) is 30. The van der Waals surface area contributed by atoms with Crippen LogP contribution in [0.3, 0.4) is 0 Å². The maximum atomic E-state index is 13.1. The van der Waals surface area contributed by atoms with Gasteiger partial charge in [0.1, 0.15) is 13.2 Å². The molecule has 0 aromatic rings. The predicted octanol–water partition coefficient (Wildman–Crippen LogP) is 24.5. The Morgan fingerprint density at radius 2 is 0.670 bits per heavy atom. The SMILES string of the molecule is CC/C=C\C/C=C\C/C=C\C/C=C\C/C=C\C/C=C\C/C=C\C/C=C\C/C=C\C/C=C\C/C=C\CCCCCC(=O)NC(COP(=O)(O)OCC[N+](C)(C)C)C(O)/C=C/CC/C=C/CCCCCCCCCCCCCCCCCCCCCCCCCCCC. The molecule has 3 atom stereocenters. The summed E-state index contributed by atoms with van der Waals surface area (Å²) in [5.74, 6) is -0.222.